The number of hydrogen-bond acceptors (Lipinski definition) is 3. The SMILES string of the molecule is COc1cc(C=Nc2cccc(C)c2C)cc(Br)c1OCc1ccc(Br)cc1. The summed E-state index contributed by atoms with van der Waals surface area (Å²) in [5, 5.41) is 0. The molecule has 0 saturated heterocycles. The van der Waals surface area contributed by atoms with Crippen molar-refractivity contribution in [3.8, 4) is 11.5 Å². The Labute approximate surface area is 182 Å². The first-order valence-electron chi connectivity index (χ1n) is 8.83. The van der Waals surface area contributed by atoms with E-state index in [4.69, 9.17) is 9.47 Å². The lowest BCUT2D eigenvalue weighted by Gasteiger charge is -2.13. The standard InChI is InChI=1S/C23H21Br2NO2/c1-15-5-4-6-21(16(15)2)26-13-18-11-20(25)23(22(12-18)27-3)28-14-17-7-9-19(24)10-8-17/h4-13H,14H2,1-3H3. The molecule has 0 radical (unpaired) electrons. The van der Waals surface area contributed by atoms with Crippen molar-refractivity contribution in [3.05, 3.63) is 85.8 Å². The third-order valence-electron chi connectivity index (χ3n) is 4.48. The summed E-state index contributed by atoms with van der Waals surface area (Å²) < 4.78 is 13.4. The van der Waals surface area contributed by atoms with Gasteiger partial charge in [0.05, 0.1) is 17.3 Å². The molecule has 144 valence electrons. The van der Waals surface area contributed by atoms with Gasteiger partial charge in [-0.2, -0.15) is 0 Å². The van der Waals surface area contributed by atoms with Gasteiger partial charge in [-0.25, -0.2) is 0 Å². The van der Waals surface area contributed by atoms with E-state index >= 15 is 0 Å². The van der Waals surface area contributed by atoms with E-state index in [0.29, 0.717) is 18.1 Å². The Morgan fingerprint density at radius 2 is 1.75 bits per heavy atom. The van der Waals surface area contributed by atoms with Crippen molar-refractivity contribution in [1.29, 1.82) is 0 Å². The smallest absolute Gasteiger partial charge is 0.175 e. The molecule has 0 bridgehead atoms. The third kappa shape index (κ3) is 5.03. The Balaban J connectivity index is 1.81. The summed E-state index contributed by atoms with van der Waals surface area (Å²) in [5.41, 5.74) is 5.38. The fraction of sp³-hybridized carbons (Fsp3) is 0.174. The van der Waals surface area contributed by atoms with E-state index in [9.17, 15) is 0 Å². The van der Waals surface area contributed by atoms with E-state index < -0.39 is 0 Å². The van der Waals surface area contributed by atoms with Gasteiger partial charge in [0.25, 0.3) is 0 Å². The highest BCUT2D eigenvalue weighted by Gasteiger charge is 2.12. The molecule has 0 saturated carbocycles. The second kappa shape index (κ2) is 9.39. The summed E-state index contributed by atoms with van der Waals surface area (Å²) in [4.78, 5) is 4.64. The van der Waals surface area contributed by atoms with Crippen LogP contribution >= 0.6 is 31.9 Å². The molecule has 0 heterocycles. The number of nitrogens with zero attached hydrogens (tertiary/aromatic N) is 1. The summed E-state index contributed by atoms with van der Waals surface area (Å²) in [7, 11) is 1.64. The molecule has 0 aliphatic heterocycles. The highest BCUT2D eigenvalue weighted by molar-refractivity contribution is 9.10. The van der Waals surface area contributed by atoms with Crippen molar-refractivity contribution < 1.29 is 9.47 Å². The lowest BCUT2D eigenvalue weighted by atomic mass is 10.1. The molecule has 0 fully saturated rings. The molecule has 3 aromatic rings. The van der Waals surface area contributed by atoms with Crippen molar-refractivity contribution in [2.75, 3.05) is 7.11 Å². The molecule has 0 aliphatic rings. The van der Waals surface area contributed by atoms with Crippen LogP contribution in [-0.2, 0) is 6.61 Å². The molecule has 0 atom stereocenters. The van der Waals surface area contributed by atoms with E-state index in [0.717, 1.165) is 25.8 Å². The van der Waals surface area contributed by atoms with Gasteiger partial charge in [0.1, 0.15) is 6.61 Å². The maximum atomic E-state index is 6.01. The minimum Gasteiger partial charge on any atom is -0.493 e. The van der Waals surface area contributed by atoms with E-state index in [1.165, 1.54) is 11.1 Å². The van der Waals surface area contributed by atoms with E-state index in [2.05, 4.69) is 56.8 Å². The quantitative estimate of drug-likeness (QED) is 0.334. The van der Waals surface area contributed by atoms with Crippen molar-refractivity contribution >= 4 is 43.8 Å². The molecule has 0 aromatic heterocycles. The summed E-state index contributed by atoms with van der Waals surface area (Å²) >= 11 is 7.05. The van der Waals surface area contributed by atoms with Crippen LogP contribution in [0.2, 0.25) is 0 Å². The number of benzene rings is 3. The Kier molecular flexibility index (Phi) is 6.92. The largest absolute Gasteiger partial charge is 0.493 e. The van der Waals surface area contributed by atoms with Crippen LogP contribution in [0, 0.1) is 13.8 Å². The van der Waals surface area contributed by atoms with Gasteiger partial charge in [0, 0.05) is 10.7 Å². The van der Waals surface area contributed by atoms with Crippen LogP contribution in [0.1, 0.15) is 22.3 Å². The number of ether oxygens (including phenoxy) is 2. The molecule has 0 N–H and O–H groups in total. The first-order chi connectivity index (χ1) is 13.5. The topological polar surface area (TPSA) is 30.8 Å². The van der Waals surface area contributed by atoms with Crippen LogP contribution in [-0.4, -0.2) is 13.3 Å². The van der Waals surface area contributed by atoms with Crippen molar-refractivity contribution in [2.45, 2.75) is 20.5 Å². The molecule has 3 rings (SSSR count). The van der Waals surface area contributed by atoms with Crippen molar-refractivity contribution in [3.63, 3.8) is 0 Å². The highest BCUT2D eigenvalue weighted by Crippen LogP contribution is 2.37. The van der Waals surface area contributed by atoms with Gasteiger partial charge in [0.15, 0.2) is 11.5 Å². The van der Waals surface area contributed by atoms with Crippen LogP contribution in [0.5, 0.6) is 11.5 Å². The summed E-state index contributed by atoms with van der Waals surface area (Å²) in [5.74, 6) is 1.34. The van der Waals surface area contributed by atoms with E-state index in [1.54, 1.807) is 7.11 Å². The molecule has 0 amide bonds. The predicted octanol–water partition coefficient (Wildman–Crippen LogP) is 7.17. The average molecular weight is 503 g/mol. The normalized spacial score (nSPS) is 11.0. The summed E-state index contributed by atoms with van der Waals surface area (Å²) in [6.45, 7) is 4.63. The van der Waals surface area contributed by atoms with Crippen LogP contribution in [0.3, 0.4) is 0 Å². The Bertz CT molecular complexity index is 998. The monoisotopic (exact) mass is 501 g/mol. The average Bonchev–Trinajstić information content (AvgIpc) is 2.69. The van der Waals surface area contributed by atoms with E-state index in [1.807, 2.05) is 54.7 Å². The van der Waals surface area contributed by atoms with Crippen molar-refractivity contribution in [1.82, 2.24) is 0 Å². The van der Waals surface area contributed by atoms with Gasteiger partial charge in [0.2, 0.25) is 0 Å². The zero-order valence-corrected chi connectivity index (χ0v) is 19.2. The second-order valence-electron chi connectivity index (χ2n) is 6.43. The Hall–Kier alpha value is -2.11. The minimum atomic E-state index is 0.457. The Morgan fingerprint density at radius 1 is 1.00 bits per heavy atom. The number of aliphatic imine (C=N–C) groups is 1. The lowest BCUT2D eigenvalue weighted by molar-refractivity contribution is 0.282. The first kappa shape index (κ1) is 20.6. The summed E-state index contributed by atoms with van der Waals surface area (Å²) in [6.07, 6.45) is 1.84. The number of halogens is 2. The van der Waals surface area contributed by atoms with Crippen LogP contribution in [0.4, 0.5) is 5.69 Å². The zero-order valence-electron chi connectivity index (χ0n) is 16.0. The predicted molar refractivity (Wildman–Crippen MR) is 122 cm³/mol. The molecular formula is C23H21Br2NO2. The van der Waals surface area contributed by atoms with Gasteiger partial charge in [-0.15, -0.1) is 0 Å². The van der Waals surface area contributed by atoms with Gasteiger partial charge < -0.3 is 9.47 Å². The molecule has 3 aromatic carbocycles. The molecule has 0 spiro atoms. The van der Waals surface area contributed by atoms with Gasteiger partial charge in [-0.05, 0) is 82.4 Å². The number of hydrogen-bond donors (Lipinski definition) is 0. The fourth-order valence-electron chi connectivity index (χ4n) is 2.71. The number of aryl methyl sites for hydroxylation is 1. The maximum absolute atomic E-state index is 6.01. The van der Waals surface area contributed by atoms with Crippen LogP contribution < -0.4 is 9.47 Å². The summed E-state index contributed by atoms with van der Waals surface area (Å²) in [6, 6.07) is 18.1. The van der Waals surface area contributed by atoms with Crippen LogP contribution in [0.15, 0.2) is 68.5 Å². The number of methoxy groups -OCH3 is 1. The molecule has 3 nitrogen and oxygen atoms in total. The van der Waals surface area contributed by atoms with Gasteiger partial charge >= 0.3 is 0 Å². The van der Waals surface area contributed by atoms with Gasteiger partial charge in [-0.1, -0.05) is 40.2 Å². The van der Waals surface area contributed by atoms with Crippen LogP contribution in [0.25, 0.3) is 0 Å². The van der Waals surface area contributed by atoms with Crippen molar-refractivity contribution in [2.24, 2.45) is 4.99 Å². The Morgan fingerprint density at radius 3 is 2.46 bits per heavy atom. The molecule has 0 aliphatic carbocycles. The minimum absolute atomic E-state index is 0.457. The third-order valence-corrected chi connectivity index (χ3v) is 5.59. The second-order valence-corrected chi connectivity index (χ2v) is 8.20. The molecular weight excluding hydrogens is 482 g/mol. The zero-order chi connectivity index (χ0) is 20.1. The molecule has 0 unspecified atom stereocenters. The first-order valence-corrected chi connectivity index (χ1v) is 10.4. The lowest BCUT2D eigenvalue weighted by Crippen LogP contribution is -1.99. The maximum Gasteiger partial charge on any atom is 0.175 e. The molecule has 5 heteroatoms. The number of rotatable bonds is 6. The highest BCUT2D eigenvalue weighted by atomic mass is 79.9. The van der Waals surface area contributed by atoms with E-state index in [-0.39, 0.29) is 0 Å². The van der Waals surface area contributed by atoms with Gasteiger partial charge in [-0.3, -0.25) is 4.99 Å². The molecule has 28 heavy (non-hydrogen) atoms. The fourth-order valence-corrected chi connectivity index (χ4v) is 3.55.